The lowest BCUT2D eigenvalue weighted by atomic mass is 10.4. The molecule has 0 aromatic rings. The first-order valence-corrected chi connectivity index (χ1v) is 5.03. The predicted octanol–water partition coefficient (Wildman–Crippen LogP) is 0.980. The second-order valence-corrected chi connectivity index (χ2v) is 3.31. The van der Waals surface area contributed by atoms with Crippen molar-refractivity contribution in [1.82, 2.24) is 4.90 Å². The third-order valence-electron chi connectivity index (χ3n) is 1.95. The summed E-state index contributed by atoms with van der Waals surface area (Å²) in [4.78, 5) is 21.5. The monoisotopic (exact) mass is 227 g/mol. The smallest absolute Gasteiger partial charge is 0.328 e. The number of hydrogen-bond acceptors (Lipinski definition) is 3. The van der Waals surface area contributed by atoms with Crippen LogP contribution in [0.1, 0.15) is 12.8 Å². The predicted molar refractivity (Wildman–Crippen MR) is 60.3 cm³/mol. The van der Waals surface area contributed by atoms with Gasteiger partial charge in [-0.25, -0.2) is 9.59 Å². The van der Waals surface area contributed by atoms with E-state index in [2.05, 4.69) is 11.5 Å². The van der Waals surface area contributed by atoms with Crippen LogP contribution in [0.3, 0.4) is 0 Å². The van der Waals surface area contributed by atoms with Crippen molar-refractivity contribution in [1.29, 1.82) is 0 Å². The number of rotatable bonds is 4. The van der Waals surface area contributed by atoms with Gasteiger partial charge in [0.25, 0.3) is 0 Å². The van der Waals surface area contributed by atoms with Crippen molar-refractivity contribution in [2.45, 2.75) is 12.8 Å². The summed E-state index contributed by atoms with van der Waals surface area (Å²) in [7, 11) is 0. The second kappa shape index (κ2) is 8.67. The lowest BCUT2D eigenvalue weighted by Crippen LogP contribution is -2.18. The SMILES string of the molecule is C=CCN1CCCC1.O=C(O)/C=C\C(=O)O. The normalized spacial score (nSPS) is 15.5. The Kier molecular flexibility index (Phi) is 7.79. The van der Waals surface area contributed by atoms with E-state index in [-0.39, 0.29) is 0 Å². The third kappa shape index (κ3) is 8.96. The van der Waals surface area contributed by atoms with Gasteiger partial charge >= 0.3 is 11.9 Å². The van der Waals surface area contributed by atoms with E-state index < -0.39 is 11.9 Å². The van der Waals surface area contributed by atoms with Crippen molar-refractivity contribution >= 4 is 11.9 Å². The van der Waals surface area contributed by atoms with Crippen LogP contribution in [0.25, 0.3) is 0 Å². The molecule has 0 saturated carbocycles. The first kappa shape index (κ1) is 14.4. The Bertz CT molecular complexity index is 251. The maximum absolute atomic E-state index is 9.55. The van der Waals surface area contributed by atoms with E-state index in [4.69, 9.17) is 10.2 Å². The van der Waals surface area contributed by atoms with Crippen molar-refractivity contribution in [3.8, 4) is 0 Å². The number of carbonyl (C=O) groups is 2. The quantitative estimate of drug-likeness (QED) is 0.553. The van der Waals surface area contributed by atoms with Crippen molar-refractivity contribution in [2.75, 3.05) is 19.6 Å². The minimum absolute atomic E-state index is 0.558. The van der Waals surface area contributed by atoms with Gasteiger partial charge in [-0.05, 0) is 25.9 Å². The summed E-state index contributed by atoms with van der Waals surface area (Å²) < 4.78 is 0. The van der Waals surface area contributed by atoms with Crippen LogP contribution in [0.4, 0.5) is 0 Å². The molecule has 1 aliphatic heterocycles. The molecule has 0 bridgehead atoms. The van der Waals surface area contributed by atoms with Gasteiger partial charge in [0.2, 0.25) is 0 Å². The van der Waals surface area contributed by atoms with E-state index in [9.17, 15) is 9.59 Å². The topological polar surface area (TPSA) is 77.8 Å². The molecule has 90 valence electrons. The Balaban J connectivity index is 0.000000281. The molecule has 1 saturated heterocycles. The molecule has 1 fully saturated rings. The first-order chi connectivity index (χ1) is 7.56. The number of hydrogen-bond donors (Lipinski definition) is 2. The molecule has 0 aliphatic carbocycles. The summed E-state index contributed by atoms with van der Waals surface area (Å²) in [6.45, 7) is 7.33. The van der Waals surface area contributed by atoms with Gasteiger partial charge in [-0.3, -0.25) is 4.90 Å². The highest BCUT2D eigenvalue weighted by Crippen LogP contribution is 2.05. The molecule has 0 spiro atoms. The van der Waals surface area contributed by atoms with Crippen LogP contribution < -0.4 is 0 Å². The molecule has 0 aromatic carbocycles. The van der Waals surface area contributed by atoms with E-state index in [0.29, 0.717) is 12.2 Å². The molecule has 2 N–H and O–H groups in total. The van der Waals surface area contributed by atoms with Crippen LogP contribution in [-0.2, 0) is 9.59 Å². The van der Waals surface area contributed by atoms with E-state index >= 15 is 0 Å². The van der Waals surface area contributed by atoms with E-state index in [1.165, 1.54) is 25.9 Å². The molecule has 16 heavy (non-hydrogen) atoms. The number of carboxylic acids is 2. The Morgan fingerprint density at radius 2 is 1.56 bits per heavy atom. The number of likely N-dealkylation sites (tertiary alicyclic amines) is 1. The van der Waals surface area contributed by atoms with Crippen LogP contribution in [0.15, 0.2) is 24.8 Å². The Morgan fingerprint density at radius 3 is 1.88 bits per heavy atom. The van der Waals surface area contributed by atoms with Gasteiger partial charge in [0.15, 0.2) is 0 Å². The van der Waals surface area contributed by atoms with Gasteiger partial charge in [-0.15, -0.1) is 6.58 Å². The van der Waals surface area contributed by atoms with Gasteiger partial charge in [0, 0.05) is 18.7 Å². The average Bonchev–Trinajstić information content (AvgIpc) is 2.69. The highest BCUT2D eigenvalue weighted by molar-refractivity contribution is 5.89. The van der Waals surface area contributed by atoms with Crippen LogP contribution in [0.5, 0.6) is 0 Å². The summed E-state index contributed by atoms with van der Waals surface area (Å²) in [5.74, 6) is -2.51. The summed E-state index contributed by atoms with van der Waals surface area (Å²) in [6.07, 6.45) is 5.86. The summed E-state index contributed by atoms with van der Waals surface area (Å²) >= 11 is 0. The maximum atomic E-state index is 9.55. The van der Waals surface area contributed by atoms with Crippen LogP contribution in [0.2, 0.25) is 0 Å². The number of aliphatic carboxylic acids is 2. The molecule has 0 radical (unpaired) electrons. The lowest BCUT2D eigenvalue weighted by Gasteiger charge is -2.09. The largest absolute Gasteiger partial charge is 0.478 e. The fraction of sp³-hybridized carbons (Fsp3) is 0.455. The molecule has 1 rings (SSSR count). The van der Waals surface area contributed by atoms with Crippen molar-refractivity contribution in [2.24, 2.45) is 0 Å². The maximum Gasteiger partial charge on any atom is 0.328 e. The average molecular weight is 227 g/mol. The van der Waals surface area contributed by atoms with Crippen molar-refractivity contribution in [3.63, 3.8) is 0 Å². The van der Waals surface area contributed by atoms with E-state index in [0.717, 1.165) is 6.54 Å². The molecule has 0 amide bonds. The third-order valence-corrected chi connectivity index (χ3v) is 1.95. The summed E-state index contributed by atoms with van der Waals surface area (Å²) in [5.41, 5.74) is 0. The van der Waals surface area contributed by atoms with Crippen LogP contribution >= 0.6 is 0 Å². The highest BCUT2D eigenvalue weighted by Gasteiger charge is 2.07. The molecule has 5 nitrogen and oxygen atoms in total. The van der Waals surface area contributed by atoms with Crippen LogP contribution in [0, 0.1) is 0 Å². The molecule has 0 unspecified atom stereocenters. The Hall–Kier alpha value is -1.62. The number of nitrogens with zero attached hydrogens (tertiary/aromatic N) is 1. The van der Waals surface area contributed by atoms with Gasteiger partial charge in [-0.1, -0.05) is 6.08 Å². The zero-order valence-corrected chi connectivity index (χ0v) is 9.13. The fourth-order valence-corrected chi connectivity index (χ4v) is 1.29. The molecule has 0 aromatic heterocycles. The van der Waals surface area contributed by atoms with Gasteiger partial charge in [0.05, 0.1) is 0 Å². The summed E-state index contributed by atoms with van der Waals surface area (Å²) in [5, 5.41) is 15.6. The van der Waals surface area contributed by atoms with Crippen molar-refractivity contribution < 1.29 is 19.8 Å². The zero-order valence-electron chi connectivity index (χ0n) is 9.13. The number of carboxylic acid groups (broad SMARTS) is 2. The summed E-state index contributed by atoms with van der Waals surface area (Å²) in [6, 6.07) is 0. The Labute approximate surface area is 94.7 Å². The second-order valence-electron chi connectivity index (χ2n) is 3.31. The first-order valence-electron chi connectivity index (χ1n) is 5.03. The lowest BCUT2D eigenvalue weighted by molar-refractivity contribution is -0.134. The standard InChI is InChI=1S/C7H13N.C4H4O4/c1-2-5-8-6-3-4-7-8;5-3(6)1-2-4(7)8/h2H,1,3-7H2;1-2H,(H,5,6)(H,7,8)/b;2-1-. The minimum atomic E-state index is -1.26. The Morgan fingerprint density at radius 1 is 1.12 bits per heavy atom. The zero-order chi connectivity index (χ0) is 12.4. The minimum Gasteiger partial charge on any atom is -0.478 e. The highest BCUT2D eigenvalue weighted by atomic mass is 16.4. The van der Waals surface area contributed by atoms with Gasteiger partial charge in [-0.2, -0.15) is 0 Å². The molecule has 0 atom stereocenters. The van der Waals surface area contributed by atoms with E-state index in [1.807, 2.05) is 6.08 Å². The molecule has 1 aliphatic rings. The molecular weight excluding hydrogens is 210 g/mol. The molecule has 5 heteroatoms. The van der Waals surface area contributed by atoms with Gasteiger partial charge < -0.3 is 10.2 Å². The van der Waals surface area contributed by atoms with Crippen LogP contribution in [-0.4, -0.2) is 46.7 Å². The van der Waals surface area contributed by atoms with E-state index in [1.54, 1.807) is 0 Å². The molecular formula is C11H17NO4. The fourth-order valence-electron chi connectivity index (χ4n) is 1.29. The molecule has 1 heterocycles. The van der Waals surface area contributed by atoms with Crippen molar-refractivity contribution in [3.05, 3.63) is 24.8 Å². The van der Waals surface area contributed by atoms with Gasteiger partial charge in [0.1, 0.15) is 0 Å².